The highest BCUT2D eigenvalue weighted by Crippen LogP contribution is 2.24. The van der Waals surface area contributed by atoms with Crippen molar-refractivity contribution >= 4 is 5.91 Å². The lowest BCUT2D eigenvalue weighted by atomic mass is 9.82. The number of carbonyl (C=O) groups excluding carboxylic acids is 1. The molecule has 0 aromatic heterocycles. The number of hydrogen-bond donors (Lipinski definition) is 2. The molecule has 0 bridgehead atoms. The van der Waals surface area contributed by atoms with Crippen molar-refractivity contribution in [1.82, 2.24) is 10.6 Å². The Morgan fingerprint density at radius 2 is 2.24 bits per heavy atom. The lowest BCUT2D eigenvalue weighted by molar-refractivity contribution is -0.126. The fraction of sp³-hybridized carbons (Fsp3) is 0.923. The second kappa shape index (κ2) is 5.83. The number of piperidine rings is 1. The summed E-state index contributed by atoms with van der Waals surface area (Å²) in [6.07, 6.45) is 2.77. The van der Waals surface area contributed by atoms with Gasteiger partial charge in [-0.2, -0.15) is 0 Å². The van der Waals surface area contributed by atoms with E-state index < -0.39 is 0 Å². The van der Waals surface area contributed by atoms with Gasteiger partial charge in [0.05, 0.1) is 12.0 Å². The minimum atomic E-state index is -0.379. The van der Waals surface area contributed by atoms with Gasteiger partial charge in [-0.3, -0.25) is 4.79 Å². The zero-order valence-corrected chi connectivity index (χ0v) is 11.6. The Morgan fingerprint density at radius 3 is 2.76 bits per heavy atom. The van der Waals surface area contributed by atoms with Crippen molar-refractivity contribution in [2.75, 3.05) is 26.7 Å². The van der Waals surface area contributed by atoms with Crippen molar-refractivity contribution in [3.8, 4) is 0 Å². The maximum Gasteiger partial charge on any atom is 0.222 e. The van der Waals surface area contributed by atoms with E-state index in [9.17, 15) is 4.79 Å². The van der Waals surface area contributed by atoms with Gasteiger partial charge in [0, 0.05) is 20.2 Å². The van der Waals surface area contributed by atoms with Crippen molar-refractivity contribution < 1.29 is 9.53 Å². The van der Waals surface area contributed by atoms with Crippen LogP contribution in [0.2, 0.25) is 0 Å². The molecule has 100 valence electrons. The number of nitrogens with one attached hydrogen (secondary N) is 2. The number of rotatable bonds is 5. The van der Waals surface area contributed by atoms with Crippen molar-refractivity contribution in [2.24, 2.45) is 5.41 Å². The van der Waals surface area contributed by atoms with E-state index in [2.05, 4.69) is 17.6 Å². The summed E-state index contributed by atoms with van der Waals surface area (Å²) in [6, 6.07) is 0. The van der Waals surface area contributed by atoms with E-state index in [1.165, 1.54) is 12.8 Å². The predicted octanol–water partition coefficient (Wildman–Crippen LogP) is 1.31. The first-order valence-corrected chi connectivity index (χ1v) is 6.39. The molecule has 0 aliphatic carbocycles. The van der Waals surface area contributed by atoms with Gasteiger partial charge in [0.25, 0.3) is 0 Å². The van der Waals surface area contributed by atoms with Gasteiger partial charge in [0.15, 0.2) is 0 Å². The van der Waals surface area contributed by atoms with Gasteiger partial charge in [-0.05, 0) is 38.6 Å². The Labute approximate surface area is 104 Å². The molecule has 1 heterocycles. The largest absolute Gasteiger partial charge is 0.378 e. The molecule has 1 rings (SSSR count). The maximum absolute atomic E-state index is 11.8. The average molecular weight is 242 g/mol. The SMILES string of the molecule is COC(C)(C)CC(=O)NCC1(C)CCCNC1. The molecule has 1 aliphatic heterocycles. The van der Waals surface area contributed by atoms with E-state index in [4.69, 9.17) is 4.74 Å². The van der Waals surface area contributed by atoms with Crippen LogP contribution < -0.4 is 10.6 Å². The first-order valence-electron chi connectivity index (χ1n) is 6.39. The van der Waals surface area contributed by atoms with Crippen molar-refractivity contribution in [3.05, 3.63) is 0 Å². The van der Waals surface area contributed by atoms with E-state index in [1.54, 1.807) is 7.11 Å². The molecule has 2 N–H and O–H groups in total. The smallest absolute Gasteiger partial charge is 0.222 e. The summed E-state index contributed by atoms with van der Waals surface area (Å²) in [5.74, 6) is 0.0728. The molecule has 1 amide bonds. The molecule has 0 radical (unpaired) electrons. The van der Waals surface area contributed by atoms with Crippen molar-refractivity contribution in [1.29, 1.82) is 0 Å². The number of carbonyl (C=O) groups is 1. The van der Waals surface area contributed by atoms with Gasteiger partial charge < -0.3 is 15.4 Å². The zero-order valence-electron chi connectivity index (χ0n) is 11.6. The normalized spacial score (nSPS) is 25.6. The van der Waals surface area contributed by atoms with Gasteiger partial charge in [-0.25, -0.2) is 0 Å². The van der Waals surface area contributed by atoms with Crippen LogP contribution >= 0.6 is 0 Å². The Hall–Kier alpha value is -0.610. The molecule has 1 atom stereocenters. The molecule has 0 aromatic carbocycles. The molecule has 0 aromatic rings. The van der Waals surface area contributed by atoms with Gasteiger partial charge in [0.1, 0.15) is 0 Å². The maximum atomic E-state index is 11.8. The molecule has 0 spiro atoms. The van der Waals surface area contributed by atoms with Crippen LogP contribution in [0.3, 0.4) is 0 Å². The average Bonchev–Trinajstić information content (AvgIpc) is 2.27. The Bertz CT molecular complexity index is 258. The highest BCUT2D eigenvalue weighted by Gasteiger charge is 2.28. The van der Waals surface area contributed by atoms with Crippen LogP contribution in [0.25, 0.3) is 0 Å². The van der Waals surface area contributed by atoms with E-state index >= 15 is 0 Å². The summed E-state index contributed by atoms with van der Waals surface area (Å²) in [7, 11) is 1.64. The lowest BCUT2D eigenvalue weighted by Crippen LogP contribution is -2.46. The minimum Gasteiger partial charge on any atom is -0.378 e. The van der Waals surface area contributed by atoms with Crippen molar-refractivity contribution in [3.63, 3.8) is 0 Å². The molecule has 1 unspecified atom stereocenters. The monoisotopic (exact) mass is 242 g/mol. The van der Waals surface area contributed by atoms with E-state index in [1.807, 2.05) is 13.8 Å². The second-order valence-electron chi connectivity index (χ2n) is 6.01. The molecule has 1 aliphatic rings. The van der Waals surface area contributed by atoms with Crippen LogP contribution in [0, 0.1) is 5.41 Å². The summed E-state index contributed by atoms with van der Waals surface area (Å²) in [4.78, 5) is 11.8. The molecule has 4 heteroatoms. The lowest BCUT2D eigenvalue weighted by Gasteiger charge is -2.34. The first-order chi connectivity index (χ1) is 7.87. The molecule has 17 heavy (non-hydrogen) atoms. The Morgan fingerprint density at radius 1 is 1.53 bits per heavy atom. The van der Waals surface area contributed by atoms with Crippen LogP contribution in [-0.2, 0) is 9.53 Å². The van der Waals surface area contributed by atoms with Crippen LogP contribution in [0.5, 0.6) is 0 Å². The van der Waals surface area contributed by atoms with E-state index in [-0.39, 0.29) is 16.9 Å². The van der Waals surface area contributed by atoms with E-state index in [0.29, 0.717) is 6.42 Å². The van der Waals surface area contributed by atoms with E-state index in [0.717, 1.165) is 19.6 Å². The summed E-state index contributed by atoms with van der Waals surface area (Å²) < 4.78 is 5.25. The van der Waals surface area contributed by atoms with Crippen LogP contribution in [-0.4, -0.2) is 38.3 Å². The number of amides is 1. The van der Waals surface area contributed by atoms with Crippen LogP contribution in [0.15, 0.2) is 0 Å². The first kappa shape index (κ1) is 14.5. The topological polar surface area (TPSA) is 50.4 Å². The van der Waals surface area contributed by atoms with Gasteiger partial charge in [0.2, 0.25) is 5.91 Å². The standard InChI is InChI=1S/C13H26N2O2/c1-12(2,17-4)8-11(16)15-10-13(3)6-5-7-14-9-13/h14H,5-10H2,1-4H3,(H,15,16). The zero-order chi connectivity index (χ0) is 12.9. The Kier molecular flexibility index (Phi) is 4.95. The quantitative estimate of drug-likeness (QED) is 0.764. The molecule has 4 nitrogen and oxygen atoms in total. The van der Waals surface area contributed by atoms with Gasteiger partial charge in [-0.1, -0.05) is 6.92 Å². The minimum absolute atomic E-state index is 0.0728. The summed E-state index contributed by atoms with van der Waals surface area (Å²) in [6.45, 7) is 8.91. The van der Waals surface area contributed by atoms with Crippen LogP contribution in [0.4, 0.5) is 0 Å². The molecule has 0 saturated carbocycles. The van der Waals surface area contributed by atoms with Gasteiger partial charge in [-0.15, -0.1) is 0 Å². The van der Waals surface area contributed by atoms with Crippen LogP contribution in [0.1, 0.15) is 40.0 Å². The Balaban J connectivity index is 2.32. The third kappa shape index (κ3) is 5.04. The van der Waals surface area contributed by atoms with Gasteiger partial charge >= 0.3 is 0 Å². The number of hydrogen-bond acceptors (Lipinski definition) is 3. The second-order valence-corrected chi connectivity index (χ2v) is 6.01. The fourth-order valence-electron chi connectivity index (χ4n) is 2.10. The predicted molar refractivity (Wildman–Crippen MR) is 68.9 cm³/mol. The highest BCUT2D eigenvalue weighted by atomic mass is 16.5. The molecule has 1 saturated heterocycles. The summed E-state index contributed by atoms with van der Waals surface area (Å²) in [5.41, 5.74) is -0.180. The molecule has 1 fully saturated rings. The summed E-state index contributed by atoms with van der Waals surface area (Å²) in [5, 5.41) is 6.41. The molecular weight excluding hydrogens is 216 g/mol. The number of ether oxygens (including phenoxy) is 1. The fourth-order valence-corrected chi connectivity index (χ4v) is 2.10. The van der Waals surface area contributed by atoms with Crippen molar-refractivity contribution in [2.45, 2.75) is 45.6 Å². The highest BCUT2D eigenvalue weighted by molar-refractivity contribution is 5.76. The molecular formula is C13H26N2O2. The number of methoxy groups -OCH3 is 1. The summed E-state index contributed by atoms with van der Waals surface area (Å²) >= 11 is 0. The third-order valence-electron chi connectivity index (χ3n) is 3.54. The third-order valence-corrected chi connectivity index (χ3v) is 3.54.